The van der Waals surface area contributed by atoms with Crippen LogP contribution in [0.1, 0.15) is 23.2 Å². The highest BCUT2D eigenvalue weighted by molar-refractivity contribution is 5.94. The highest BCUT2D eigenvalue weighted by Gasteiger charge is 2.43. The van der Waals surface area contributed by atoms with E-state index in [1.807, 2.05) is 0 Å². The van der Waals surface area contributed by atoms with Crippen LogP contribution in [0.4, 0.5) is 10.1 Å². The zero-order valence-corrected chi connectivity index (χ0v) is 8.53. The van der Waals surface area contributed by atoms with E-state index in [-0.39, 0.29) is 17.9 Å². The quantitative estimate of drug-likeness (QED) is 0.725. The van der Waals surface area contributed by atoms with Gasteiger partial charge in [-0.3, -0.25) is 0 Å². The molecule has 0 heterocycles. The predicted molar refractivity (Wildman–Crippen MR) is 56.0 cm³/mol. The third-order valence-electron chi connectivity index (χ3n) is 2.79. The molecular weight excluding hydrogens is 213 g/mol. The molecule has 16 heavy (non-hydrogen) atoms. The number of para-hydroxylation sites is 1. The van der Waals surface area contributed by atoms with Gasteiger partial charge in [-0.2, -0.15) is 0 Å². The Morgan fingerprint density at radius 2 is 2.19 bits per heavy atom. The number of aliphatic hydroxyl groups is 1. The molecule has 0 amide bonds. The first-order chi connectivity index (χ1) is 7.58. The third kappa shape index (κ3) is 1.86. The number of carboxylic acid groups (broad SMARTS) is 1. The second kappa shape index (κ2) is 3.75. The number of nitrogens with one attached hydrogen (secondary N) is 1. The number of aromatic carboxylic acids is 1. The predicted octanol–water partition coefficient (Wildman–Crippen LogP) is 1.46. The van der Waals surface area contributed by atoms with Gasteiger partial charge in [0.25, 0.3) is 0 Å². The second-order valence-electron chi connectivity index (χ2n) is 4.03. The average molecular weight is 225 g/mol. The van der Waals surface area contributed by atoms with Crippen LogP contribution in [0.5, 0.6) is 0 Å². The van der Waals surface area contributed by atoms with Crippen molar-refractivity contribution in [2.45, 2.75) is 18.4 Å². The van der Waals surface area contributed by atoms with E-state index in [1.54, 1.807) is 0 Å². The number of benzene rings is 1. The Kier molecular flexibility index (Phi) is 2.55. The van der Waals surface area contributed by atoms with Crippen LogP contribution in [0.2, 0.25) is 0 Å². The monoisotopic (exact) mass is 225 g/mol. The summed E-state index contributed by atoms with van der Waals surface area (Å²) in [5, 5.41) is 20.8. The van der Waals surface area contributed by atoms with Gasteiger partial charge in [0, 0.05) is 0 Å². The number of hydrogen-bond acceptors (Lipinski definition) is 3. The van der Waals surface area contributed by atoms with Crippen LogP contribution in [0.25, 0.3) is 0 Å². The van der Waals surface area contributed by atoms with Gasteiger partial charge in [-0.25, -0.2) is 9.18 Å². The molecule has 0 unspecified atom stereocenters. The van der Waals surface area contributed by atoms with E-state index in [2.05, 4.69) is 5.32 Å². The van der Waals surface area contributed by atoms with Crippen LogP contribution < -0.4 is 5.32 Å². The molecule has 2 rings (SSSR count). The zero-order chi connectivity index (χ0) is 11.8. The Hall–Kier alpha value is -1.62. The Balaban J connectivity index is 2.35. The fraction of sp³-hybridized carbons (Fsp3) is 0.364. The summed E-state index contributed by atoms with van der Waals surface area (Å²) in [5.74, 6) is -1.80. The number of hydrogen-bond donors (Lipinski definition) is 3. The number of rotatable bonds is 4. The van der Waals surface area contributed by atoms with Crippen LogP contribution in [0.3, 0.4) is 0 Å². The van der Waals surface area contributed by atoms with Crippen molar-refractivity contribution in [2.24, 2.45) is 0 Å². The standard InChI is InChI=1S/C11H12FNO3/c12-8-3-1-2-7(10(15)16)9(8)13-11(6-14)4-5-11/h1-3,13-14H,4-6H2,(H,15,16). The van der Waals surface area contributed by atoms with Gasteiger partial charge in [0.2, 0.25) is 0 Å². The lowest BCUT2D eigenvalue weighted by molar-refractivity contribution is 0.0697. The van der Waals surface area contributed by atoms with Crippen molar-refractivity contribution in [3.63, 3.8) is 0 Å². The highest BCUT2D eigenvalue weighted by atomic mass is 19.1. The lowest BCUT2D eigenvalue weighted by atomic mass is 10.1. The van der Waals surface area contributed by atoms with Crippen LogP contribution in [-0.2, 0) is 0 Å². The Morgan fingerprint density at radius 3 is 2.69 bits per heavy atom. The first-order valence-corrected chi connectivity index (χ1v) is 4.99. The maximum atomic E-state index is 13.5. The molecule has 1 saturated carbocycles. The SMILES string of the molecule is O=C(O)c1cccc(F)c1NC1(CO)CC1. The van der Waals surface area contributed by atoms with Crippen LogP contribution in [-0.4, -0.2) is 28.3 Å². The maximum absolute atomic E-state index is 13.5. The van der Waals surface area contributed by atoms with E-state index in [0.717, 1.165) is 12.8 Å². The first kappa shape index (κ1) is 10.9. The molecule has 0 bridgehead atoms. The molecule has 0 radical (unpaired) electrons. The van der Waals surface area contributed by atoms with Gasteiger partial charge in [0.1, 0.15) is 5.82 Å². The van der Waals surface area contributed by atoms with Crippen molar-refractivity contribution in [2.75, 3.05) is 11.9 Å². The number of aliphatic hydroxyl groups excluding tert-OH is 1. The highest BCUT2D eigenvalue weighted by Crippen LogP contribution is 2.39. The summed E-state index contributed by atoms with van der Waals surface area (Å²) in [6.07, 6.45) is 1.44. The molecule has 4 nitrogen and oxygen atoms in total. The van der Waals surface area contributed by atoms with Crippen molar-refractivity contribution in [3.8, 4) is 0 Å². The van der Waals surface area contributed by atoms with Gasteiger partial charge in [-0.05, 0) is 25.0 Å². The van der Waals surface area contributed by atoms with E-state index in [4.69, 9.17) is 10.2 Å². The molecule has 0 aliphatic heterocycles. The van der Waals surface area contributed by atoms with Crippen LogP contribution >= 0.6 is 0 Å². The number of halogens is 1. The summed E-state index contributed by atoms with van der Waals surface area (Å²) < 4.78 is 13.5. The smallest absolute Gasteiger partial charge is 0.337 e. The molecule has 1 aromatic rings. The van der Waals surface area contributed by atoms with E-state index >= 15 is 0 Å². The molecule has 0 aromatic heterocycles. The molecular formula is C11H12FNO3. The van der Waals surface area contributed by atoms with E-state index in [1.165, 1.54) is 18.2 Å². The van der Waals surface area contributed by atoms with Crippen LogP contribution in [0.15, 0.2) is 18.2 Å². The van der Waals surface area contributed by atoms with Crippen molar-refractivity contribution in [1.82, 2.24) is 0 Å². The summed E-state index contributed by atoms with van der Waals surface area (Å²) in [4.78, 5) is 10.9. The summed E-state index contributed by atoms with van der Waals surface area (Å²) in [6.45, 7) is -0.125. The largest absolute Gasteiger partial charge is 0.478 e. The van der Waals surface area contributed by atoms with E-state index < -0.39 is 17.3 Å². The summed E-state index contributed by atoms with van der Waals surface area (Å²) in [7, 11) is 0. The fourth-order valence-corrected chi connectivity index (χ4v) is 1.57. The molecule has 86 valence electrons. The Morgan fingerprint density at radius 1 is 1.50 bits per heavy atom. The minimum Gasteiger partial charge on any atom is -0.478 e. The van der Waals surface area contributed by atoms with Gasteiger partial charge in [0.15, 0.2) is 0 Å². The lowest BCUT2D eigenvalue weighted by Crippen LogP contribution is -2.27. The number of carboxylic acids is 1. The average Bonchev–Trinajstić information content (AvgIpc) is 3.01. The molecule has 0 atom stereocenters. The minimum atomic E-state index is -1.18. The zero-order valence-electron chi connectivity index (χ0n) is 8.53. The second-order valence-corrected chi connectivity index (χ2v) is 4.03. The topological polar surface area (TPSA) is 69.6 Å². The van der Waals surface area contributed by atoms with Gasteiger partial charge in [-0.1, -0.05) is 6.07 Å². The normalized spacial score (nSPS) is 16.9. The molecule has 1 fully saturated rings. The molecule has 5 heteroatoms. The summed E-state index contributed by atoms with van der Waals surface area (Å²) in [5.41, 5.74) is -0.687. The van der Waals surface area contributed by atoms with Gasteiger partial charge in [-0.15, -0.1) is 0 Å². The van der Waals surface area contributed by atoms with Crippen LogP contribution in [0, 0.1) is 5.82 Å². The lowest BCUT2D eigenvalue weighted by Gasteiger charge is -2.18. The Labute approximate surface area is 91.7 Å². The van der Waals surface area contributed by atoms with Gasteiger partial charge >= 0.3 is 5.97 Å². The molecule has 0 saturated heterocycles. The summed E-state index contributed by atoms with van der Waals surface area (Å²) in [6, 6.07) is 3.88. The first-order valence-electron chi connectivity index (χ1n) is 4.99. The van der Waals surface area contributed by atoms with Crippen molar-refractivity contribution >= 4 is 11.7 Å². The molecule has 1 aromatic carbocycles. The molecule has 1 aliphatic rings. The molecule has 3 N–H and O–H groups in total. The van der Waals surface area contributed by atoms with Crippen molar-refractivity contribution < 1.29 is 19.4 Å². The molecule has 0 spiro atoms. The van der Waals surface area contributed by atoms with E-state index in [9.17, 15) is 9.18 Å². The van der Waals surface area contributed by atoms with Crippen molar-refractivity contribution in [1.29, 1.82) is 0 Å². The van der Waals surface area contributed by atoms with Crippen molar-refractivity contribution in [3.05, 3.63) is 29.6 Å². The fourth-order valence-electron chi connectivity index (χ4n) is 1.57. The minimum absolute atomic E-state index is 0.0402. The number of carbonyl (C=O) groups is 1. The van der Waals surface area contributed by atoms with Gasteiger partial charge < -0.3 is 15.5 Å². The van der Waals surface area contributed by atoms with Gasteiger partial charge in [0.05, 0.1) is 23.4 Å². The number of anilines is 1. The third-order valence-corrected chi connectivity index (χ3v) is 2.79. The van der Waals surface area contributed by atoms with E-state index in [0.29, 0.717) is 0 Å². The molecule has 1 aliphatic carbocycles. The maximum Gasteiger partial charge on any atom is 0.337 e. The summed E-state index contributed by atoms with van der Waals surface area (Å²) >= 11 is 0. The Bertz CT molecular complexity index is 429.